The average molecular weight is 336 g/mol. The molecule has 1 aromatic carbocycles. The lowest BCUT2D eigenvalue weighted by molar-refractivity contribution is -0.188. The van der Waals surface area contributed by atoms with Gasteiger partial charge in [-0.25, -0.2) is 4.98 Å². The summed E-state index contributed by atoms with van der Waals surface area (Å²) < 4.78 is 53.3. The monoisotopic (exact) mass is 336 g/mol. The molecule has 114 valence electrons. The second-order valence-corrected chi connectivity index (χ2v) is 7.02. The minimum Gasteiger partial charge on any atom is -0.769 e. The third-order valence-corrected chi connectivity index (χ3v) is 4.18. The van der Waals surface area contributed by atoms with Crippen LogP contribution in [-0.2, 0) is 10.7 Å². The van der Waals surface area contributed by atoms with Crippen LogP contribution in [0.2, 0.25) is 0 Å². The topological polar surface area (TPSA) is 62.2 Å². The fraction of sp³-hybridized carbons (Fsp3) is 0.250. The maximum Gasteiger partial charge on any atom is 0.416 e. The number of halogens is 3. The van der Waals surface area contributed by atoms with Crippen molar-refractivity contribution in [2.24, 2.45) is 0 Å². The van der Waals surface area contributed by atoms with E-state index in [2.05, 4.69) is 4.98 Å². The Morgan fingerprint density at radius 3 is 2.33 bits per heavy atom. The van der Waals surface area contributed by atoms with Gasteiger partial charge >= 0.3 is 6.18 Å². The Bertz CT molecular complexity index is 691. The lowest BCUT2D eigenvalue weighted by Crippen LogP contribution is -2.04. The van der Waals surface area contributed by atoms with Crippen molar-refractivity contribution in [1.82, 2.24) is 4.98 Å². The van der Waals surface area contributed by atoms with Crippen molar-refractivity contribution < 1.29 is 27.2 Å². The van der Waals surface area contributed by atoms with E-state index < -0.39 is 19.3 Å². The highest BCUT2D eigenvalue weighted by molar-refractivity contribution is 7.51. The Labute approximate surface area is 122 Å². The number of hydrogen-bond donors (Lipinski definition) is 0. The van der Waals surface area contributed by atoms with Gasteiger partial charge in [0.1, 0.15) is 5.01 Å². The SMILES string of the molecule is Cc1nc(-c2ccc(C(F)(F)F)cc2)sc1OP(C)(=O)[O-]. The third-order valence-electron chi connectivity index (χ3n) is 2.46. The maximum absolute atomic E-state index is 12.5. The summed E-state index contributed by atoms with van der Waals surface area (Å²) >= 11 is 0.966. The van der Waals surface area contributed by atoms with Gasteiger partial charge in [0.25, 0.3) is 0 Å². The normalized spacial score (nSPS) is 14.8. The number of aromatic nitrogens is 1. The molecule has 2 rings (SSSR count). The van der Waals surface area contributed by atoms with Gasteiger partial charge in [-0.3, -0.25) is 4.57 Å². The van der Waals surface area contributed by atoms with E-state index in [0.717, 1.165) is 30.1 Å². The highest BCUT2D eigenvalue weighted by Gasteiger charge is 2.30. The van der Waals surface area contributed by atoms with Crippen LogP contribution in [0.5, 0.6) is 5.06 Å². The number of alkyl halides is 3. The lowest BCUT2D eigenvalue weighted by atomic mass is 10.1. The van der Waals surface area contributed by atoms with Gasteiger partial charge in [-0.15, -0.1) is 0 Å². The molecule has 0 saturated heterocycles. The Balaban J connectivity index is 2.31. The third kappa shape index (κ3) is 4.06. The second-order valence-electron chi connectivity index (χ2n) is 4.33. The number of hydrogen-bond acceptors (Lipinski definition) is 5. The van der Waals surface area contributed by atoms with E-state index in [1.54, 1.807) is 6.92 Å². The van der Waals surface area contributed by atoms with Crippen molar-refractivity contribution >= 4 is 18.9 Å². The highest BCUT2D eigenvalue weighted by Crippen LogP contribution is 2.42. The zero-order valence-corrected chi connectivity index (χ0v) is 12.7. The van der Waals surface area contributed by atoms with Crippen LogP contribution in [0.25, 0.3) is 10.6 Å². The molecule has 0 amide bonds. The number of thiazole rings is 1. The summed E-state index contributed by atoms with van der Waals surface area (Å²) in [4.78, 5) is 15.2. The lowest BCUT2D eigenvalue weighted by Gasteiger charge is -2.17. The first-order valence-electron chi connectivity index (χ1n) is 5.69. The molecule has 0 aliphatic heterocycles. The average Bonchev–Trinajstić information content (AvgIpc) is 2.68. The van der Waals surface area contributed by atoms with Gasteiger partial charge in [-0.2, -0.15) is 13.2 Å². The number of aryl methyl sites for hydroxylation is 1. The largest absolute Gasteiger partial charge is 0.769 e. The van der Waals surface area contributed by atoms with Crippen molar-refractivity contribution in [3.05, 3.63) is 35.5 Å². The molecule has 1 aromatic heterocycles. The Kier molecular flexibility index (Phi) is 4.15. The number of rotatable bonds is 3. The van der Waals surface area contributed by atoms with Crippen LogP contribution in [0, 0.1) is 6.92 Å². The predicted molar refractivity (Wildman–Crippen MR) is 71.4 cm³/mol. The van der Waals surface area contributed by atoms with Gasteiger partial charge in [0, 0.05) is 12.2 Å². The van der Waals surface area contributed by atoms with Crippen LogP contribution in [0.4, 0.5) is 13.2 Å². The van der Waals surface area contributed by atoms with E-state index in [4.69, 9.17) is 4.52 Å². The summed E-state index contributed by atoms with van der Waals surface area (Å²) in [6, 6.07) is 4.47. The summed E-state index contributed by atoms with van der Waals surface area (Å²) in [6.07, 6.45) is -4.40. The standard InChI is InChI=1S/C12H11F3NO3PS/c1-7-11(19-20(2,17)18)21-10(16-7)8-3-5-9(6-4-8)12(13,14)15/h3-6H,1-2H3,(H,17,18)/p-1. The van der Waals surface area contributed by atoms with Crippen LogP contribution in [0.3, 0.4) is 0 Å². The minimum absolute atomic E-state index is 0.116. The molecule has 1 unspecified atom stereocenters. The fourth-order valence-electron chi connectivity index (χ4n) is 1.54. The van der Waals surface area contributed by atoms with Crippen molar-refractivity contribution in [2.75, 3.05) is 6.66 Å². The molecule has 0 N–H and O–H groups in total. The molecular weight excluding hydrogens is 326 g/mol. The first-order chi connectivity index (χ1) is 9.56. The Morgan fingerprint density at radius 2 is 1.86 bits per heavy atom. The zero-order chi connectivity index (χ0) is 15.8. The summed E-state index contributed by atoms with van der Waals surface area (Å²) in [5, 5.41) is 0.510. The molecule has 9 heteroatoms. The molecule has 4 nitrogen and oxygen atoms in total. The number of nitrogens with zero attached hydrogens (tertiary/aromatic N) is 1. The first-order valence-corrected chi connectivity index (χ1v) is 8.50. The fourth-order valence-corrected chi connectivity index (χ4v) is 3.34. The van der Waals surface area contributed by atoms with E-state index >= 15 is 0 Å². The first kappa shape index (κ1) is 16.0. The summed E-state index contributed by atoms with van der Waals surface area (Å²) in [6.45, 7) is 2.50. The van der Waals surface area contributed by atoms with E-state index in [1.807, 2.05) is 0 Å². The molecule has 0 fully saturated rings. The molecule has 1 heterocycles. The van der Waals surface area contributed by atoms with Gasteiger partial charge in [0.15, 0.2) is 7.60 Å². The minimum atomic E-state index is -4.40. The predicted octanol–water partition coefficient (Wildman–Crippen LogP) is 3.70. The molecule has 0 radical (unpaired) electrons. The van der Waals surface area contributed by atoms with Gasteiger partial charge in [-0.1, -0.05) is 23.5 Å². The molecule has 2 aromatic rings. The number of benzene rings is 1. The van der Waals surface area contributed by atoms with E-state index in [0.29, 0.717) is 16.3 Å². The van der Waals surface area contributed by atoms with Crippen LogP contribution in [-0.4, -0.2) is 11.6 Å². The molecule has 0 bridgehead atoms. The molecule has 1 atom stereocenters. The van der Waals surface area contributed by atoms with E-state index in [-0.39, 0.29) is 5.06 Å². The zero-order valence-electron chi connectivity index (χ0n) is 11.0. The Hall–Kier alpha value is -1.37. The quantitative estimate of drug-likeness (QED) is 0.802. The summed E-state index contributed by atoms with van der Waals surface area (Å²) in [7, 11) is -3.95. The molecule has 0 aliphatic carbocycles. The van der Waals surface area contributed by atoms with Crippen molar-refractivity contribution in [1.29, 1.82) is 0 Å². The molecular formula is C12H10F3NO3PS-. The maximum atomic E-state index is 12.5. The molecule has 21 heavy (non-hydrogen) atoms. The second kappa shape index (κ2) is 5.44. The van der Waals surface area contributed by atoms with Gasteiger partial charge in [0.2, 0.25) is 5.06 Å². The van der Waals surface area contributed by atoms with Gasteiger partial charge in [0.05, 0.1) is 11.3 Å². The van der Waals surface area contributed by atoms with E-state index in [9.17, 15) is 22.6 Å². The molecule has 0 spiro atoms. The molecule has 0 saturated carbocycles. The van der Waals surface area contributed by atoms with Gasteiger partial charge < -0.3 is 9.42 Å². The van der Waals surface area contributed by atoms with Crippen molar-refractivity contribution in [2.45, 2.75) is 13.1 Å². The van der Waals surface area contributed by atoms with Crippen molar-refractivity contribution in [3.8, 4) is 15.6 Å². The summed E-state index contributed by atoms with van der Waals surface area (Å²) in [5.74, 6) is 0. The van der Waals surface area contributed by atoms with Crippen LogP contribution >= 0.6 is 18.9 Å². The van der Waals surface area contributed by atoms with Crippen LogP contribution in [0.15, 0.2) is 24.3 Å². The van der Waals surface area contributed by atoms with Gasteiger partial charge in [-0.05, 0) is 19.1 Å². The van der Waals surface area contributed by atoms with Crippen LogP contribution in [0.1, 0.15) is 11.3 Å². The van der Waals surface area contributed by atoms with E-state index in [1.165, 1.54) is 12.1 Å². The molecule has 0 aliphatic rings. The highest BCUT2D eigenvalue weighted by atomic mass is 32.1. The summed E-state index contributed by atoms with van der Waals surface area (Å²) in [5.41, 5.74) is 0.0734. The van der Waals surface area contributed by atoms with Crippen molar-refractivity contribution in [3.63, 3.8) is 0 Å². The van der Waals surface area contributed by atoms with Crippen LogP contribution < -0.4 is 9.42 Å². The smallest absolute Gasteiger partial charge is 0.416 e. The Morgan fingerprint density at radius 1 is 1.29 bits per heavy atom.